The fourth-order valence-corrected chi connectivity index (χ4v) is 3.21. The molecule has 0 spiro atoms. The third-order valence-corrected chi connectivity index (χ3v) is 4.64. The topological polar surface area (TPSA) is 64.0 Å². The largest absolute Gasteiger partial charge is 0.396 e. The highest BCUT2D eigenvalue weighted by Gasteiger charge is 2.36. The van der Waals surface area contributed by atoms with E-state index in [2.05, 4.69) is 0 Å². The summed E-state index contributed by atoms with van der Waals surface area (Å²) in [6.45, 7) is 4.55. The van der Waals surface area contributed by atoms with Crippen LogP contribution in [0, 0.1) is 23.5 Å². The van der Waals surface area contributed by atoms with Crippen LogP contribution in [0.2, 0.25) is 0 Å². The summed E-state index contributed by atoms with van der Waals surface area (Å²) in [4.78, 5) is 16.0. The molecule has 0 unspecified atom stereocenters. The highest BCUT2D eigenvalue weighted by Crippen LogP contribution is 2.26. The van der Waals surface area contributed by atoms with E-state index >= 15 is 0 Å². The van der Waals surface area contributed by atoms with E-state index in [4.69, 9.17) is 5.11 Å². The Morgan fingerprint density at radius 1 is 1.29 bits per heavy atom. The molecule has 0 saturated carbocycles. The van der Waals surface area contributed by atoms with Gasteiger partial charge in [-0.3, -0.25) is 4.79 Å². The maximum absolute atomic E-state index is 13.8. The molecule has 1 aliphatic rings. The predicted octanol–water partition coefficient (Wildman–Crippen LogP) is 0.959. The molecule has 134 valence electrons. The standard InChI is InChI=1S/C17H24F2N2O3/c1-2-20(6-7-22)8-12-9-21(10-13(12)11-23)17(24)14-4-3-5-15(18)16(14)19/h3-5,12-13,22-23H,2,6-11H2,1H3/t12-,13-/m1/s1. The zero-order chi connectivity index (χ0) is 17.7. The SMILES string of the molecule is CCN(CCO)C[C@@H]1CN(C(=O)c2cccc(F)c2F)C[C@@H]1CO. The lowest BCUT2D eigenvalue weighted by atomic mass is 9.96. The fraction of sp³-hybridized carbons (Fsp3) is 0.588. The van der Waals surface area contributed by atoms with Crippen molar-refractivity contribution in [3.63, 3.8) is 0 Å². The fourth-order valence-electron chi connectivity index (χ4n) is 3.21. The lowest BCUT2D eigenvalue weighted by molar-refractivity contribution is 0.0772. The summed E-state index contributed by atoms with van der Waals surface area (Å²) < 4.78 is 27.2. The van der Waals surface area contributed by atoms with Crippen LogP contribution in [0.15, 0.2) is 18.2 Å². The number of hydrogen-bond acceptors (Lipinski definition) is 4. The number of amides is 1. The van der Waals surface area contributed by atoms with E-state index in [1.165, 1.54) is 17.0 Å². The third-order valence-electron chi connectivity index (χ3n) is 4.64. The molecule has 1 amide bonds. The first-order chi connectivity index (χ1) is 11.5. The van der Waals surface area contributed by atoms with Gasteiger partial charge in [-0.05, 0) is 24.6 Å². The van der Waals surface area contributed by atoms with Gasteiger partial charge in [-0.25, -0.2) is 8.78 Å². The van der Waals surface area contributed by atoms with Crippen LogP contribution in [0.3, 0.4) is 0 Å². The summed E-state index contributed by atoms with van der Waals surface area (Å²) in [7, 11) is 0. The average molecular weight is 342 g/mol. The number of aliphatic hydroxyl groups excluding tert-OH is 2. The van der Waals surface area contributed by atoms with E-state index in [0.717, 1.165) is 12.6 Å². The van der Waals surface area contributed by atoms with Crippen molar-refractivity contribution >= 4 is 5.91 Å². The molecule has 2 atom stereocenters. The smallest absolute Gasteiger partial charge is 0.256 e. The van der Waals surface area contributed by atoms with Crippen molar-refractivity contribution in [2.24, 2.45) is 11.8 Å². The summed E-state index contributed by atoms with van der Waals surface area (Å²) in [5.41, 5.74) is -0.282. The molecule has 0 aliphatic carbocycles. The molecule has 1 saturated heterocycles. The van der Waals surface area contributed by atoms with Crippen molar-refractivity contribution in [2.75, 3.05) is 45.9 Å². The Morgan fingerprint density at radius 3 is 2.62 bits per heavy atom. The molecule has 1 aliphatic heterocycles. The van der Waals surface area contributed by atoms with Crippen LogP contribution in [-0.4, -0.2) is 71.9 Å². The van der Waals surface area contributed by atoms with Crippen LogP contribution in [0.25, 0.3) is 0 Å². The second-order valence-electron chi connectivity index (χ2n) is 6.13. The average Bonchev–Trinajstić information content (AvgIpc) is 2.99. The molecule has 1 aromatic rings. The van der Waals surface area contributed by atoms with Gasteiger partial charge >= 0.3 is 0 Å². The molecule has 24 heavy (non-hydrogen) atoms. The lowest BCUT2D eigenvalue weighted by Gasteiger charge is -2.25. The molecule has 1 heterocycles. The van der Waals surface area contributed by atoms with Crippen molar-refractivity contribution in [1.29, 1.82) is 0 Å². The monoisotopic (exact) mass is 342 g/mol. The summed E-state index contributed by atoms with van der Waals surface area (Å²) in [6.07, 6.45) is 0. The number of aliphatic hydroxyl groups is 2. The number of benzene rings is 1. The maximum Gasteiger partial charge on any atom is 0.256 e. The number of carbonyl (C=O) groups is 1. The minimum Gasteiger partial charge on any atom is -0.396 e. The van der Waals surface area contributed by atoms with E-state index in [-0.39, 0.29) is 30.6 Å². The molecule has 2 N–H and O–H groups in total. The van der Waals surface area contributed by atoms with Crippen LogP contribution in [0.1, 0.15) is 17.3 Å². The van der Waals surface area contributed by atoms with E-state index in [0.29, 0.717) is 26.2 Å². The first-order valence-electron chi connectivity index (χ1n) is 8.19. The number of nitrogens with zero attached hydrogens (tertiary/aromatic N) is 2. The molecule has 5 nitrogen and oxygen atoms in total. The second-order valence-corrected chi connectivity index (χ2v) is 6.13. The van der Waals surface area contributed by atoms with Crippen LogP contribution >= 0.6 is 0 Å². The molecule has 2 rings (SSSR count). The first kappa shape index (κ1) is 18.8. The number of likely N-dealkylation sites (N-methyl/N-ethyl adjacent to an activating group) is 1. The van der Waals surface area contributed by atoms with Crippen molar-refractivity contribution in [3.05, 3.63) is 35.4 Å². The second kappa shape index (κ2) is 8.50. The summed E-state index contributed by atoms with van der Waals surface area (Å²) >= 11 is 0. The van der Waals surface area contributed by atoms with E-state index in [1.54, 1.807) is 0 Å². The first-order valence-corrected chi connectivity index (χ1v) is 8.19. The Balaban J connectivity index is 2.10. The molecule has 1 fully saturated rings. The number of rotatable bonds is 7. The van der Waals surface area contributed by atoms with E-state index in [1.807, 2.05) is 11.8 Å². The van der Waals surface area contributed by atoms with Gasteiger partial charge in [0.25, 0.3) is 5.91 Å². The predicted molar refractivity (Wildman–Crippen MR) is 85.5 cm³/mol. The molecule has 1 aromatic carbocycles. The summed E-state index contributed by atoms with van der Waals surface area (Å²) in [6, 6.07) is 3.55. The van der Waals surface area contributed by atoms with Gasteiger partial charge < -0.3 is 20.0 Å². The summed E-state index contributed by atoms with van der Waals surface area (Å²) in [5, 5.41) is 18.7. The quantitative estimate of drug-likeness (QED) is 0.775. The van der Waals surface area contributed by atoms with Crippen LogP contribution < -0.4 is 0 Å². The van der Waals surface area contributed by atoms with Gasteiger partial charge in [0, 0.05) is 38.7 Å². The van der Waals surface area contributed by atoms with Crippen LogP contribution in [0.5, 0.6) is 0 Å². The zero-order valence-electron chi connectivity index (χ0n) is 13.8. The van der Waals surface area contributed by atoms with E-state index in [9.17, 15) is 18.7 Å². The zero-order valence-corrected chi connectivity index (χ0v) is 13.8. The van der Waals surface area contributed by atoms with Gasteiger partial charge in [0.2, 0.25) is 0 Å². The van der Waals surface area contributed by atoms with Gasteiger partial charge in [-0.2, -0.15) is 0 Å². The Hall–Kier alpha value is -1.57. The Labute approximate surface area is 140 Å². The van der Waals surface area contributed by atoms with Crippen molar-refractivity contribution in [3.8, 4) is 0 Å². The minimum absolute atomic E-state index is 0.0297. The third kappa shape index (κ3) is 4.09. The number of likely N-dealkylation sites (tertiary alicyclic amines) is 1. The molecule has 0 bridgehead atoms. The molecular weight excluding hydrogens is 318 g/mol. The lowest BCUT2D eigenvalue weighted by Crippen LogP contribution is -2.36. The molecule has 7 heteroatoms. The Morgan fingerprint density at radius 2 is 2.00 bits per heavy atom. The highest BCUT2D eigenvalue weighted by molar-refractivity contribution is 5.94. The van der Waals surface area contributed by atoms with Crippen molar-refractivity contribution < 1.29 is 23.8 Å². The molecule has 0 radical (unpaired) electrons. The highest BCUT2D eigenvalue weighted by atomic mass is 19.2. The van der Waals surface area contributed by atoms with Crippen molar-refractivity contribution in [1.82, 2.24) is 9.80 Å². The van der Waals surface area contributed by atoms with Gasteiger partial charge in [-0.15, -0.1) is 0 Å². The van der Waals surface area contributed by atoms with Gasteiger partial charge in [0.1, 0.15) is 0 Å². The van der Waals surface area contributed by atoms with Crippen LogP contribution in [-0.2, 0) is 0 Å². The maximum atomic E-state index is 13.8. The van der Waals surface area contributed by atoms with Crippen LogP contribution in [0.4, 0.5) is 8.78 Å². The molecular formula is C17H24F2N2O3. The van der Waals surface area contributed by atoms with Gasteiger partial charge in [0.05, 0.1) is 12.2 Å². The number of carbonyl (C=O) groups excluding carboxylic acids is 1. The molecule has 0 aromatic heterocycles. The van der Waals surface area contributed by atoms with Gasteiger partial charge in [-0.1, -0.05) is 13.0 Å². The van der Waals surface area contributed by atoms with Crippen molar-refractivity contribution in [2.45, 2.75) is 6.92 Å². The minimum atomic E-state index is -1.14. The van der Waals surface area contributed by atoms with Gasteiger partial charge in [0.15, 0.2) is 11.6 Å². The normalized spacial score (nSPS) is 20.8. The Bertz CT molecular complexity index is 571. The number of halogens is 2. The summed E-state index contributed by atoms with van der Waals surface area (Å²) in [5.74, 6) is -2.82. The van der Waals surface area contributed by atoms with E-state index < -0.39 is 17.5 Å². The Kier molecular flexibility index (Phi) is 6.65. The number of hydrogen-bond donors (Lipinski definition) is 2.